The molecule has 8 heteroatoms. The normalized spacial score (nSPS) is 25.3. The lowest BCUT2D eigenvalue weighted by Crippen LogP contribution is -2.57. The van der Waals surface area contributed by atoms with Crippen molar-refractivity contribution in [1.82, 2.24) is 10.2 Å². The number of benzene rings is 2. The molecule has 0 bridgehead atoms. The van der Waals surface area contributed by atoms with Crippen LogP contribution in [0.2, 0.25) is 0 Å². The largest absolute Gasteiger partial charge is 0.417 e. The second kappa shape index (κ2) is 9.17. The predicted octanol–water partition coefficient (Wildman–Crippen LogP) is 4.77. The molecule has 33 heavy (non-hydrogen) atoms. The quantitative estimate of drug-likeness (QED) is 0.715. The molecule has 2 fully saturated rings. The van der Waals surface area contributed by atoms with Crippen LogP contribution in [0.4, 0.5) is 13.2 Å². The summed E-state index contributed by atoms with van der Waals surface area (Å²) in [4.78, 5) is 28.0. The van der Waals surface area contributed by atoms with E-state index in [9.17, 15) is 22.8 Å². The fourth-order valence-electron chi connectivity index (χ4n) is 4.73. The number of amides is 2. The molecule has 5 nitrogen and oxygen atoms in total. The number of rotatable bonds is 4. The Morgan fingerprint density at radius 1 is 1.06 bits per heavy atom. The van der Waals surface area contributed by atoms with Gasteiger partial charge in [0, 0.05) is 6.54 Å². The maximum Gasteiger partial charge on any atom is 0.417 e. The minimum absolute atomic E-state index is 0.0467. The number of ether oxygens (including phenoxy) is 1. The van der Waals surface area contributed by atoms with E-state index in [0.29, 0.717) is 18.8 Å². The van der Waals surface area contributed by atoms with Gasteiger partial charge in [0.1, 0.15) is 11.8 Å². The number of carbonyl (C=O) groups excluding carboxylic acids is 2. The zero-order valence-electron chi connectivity index (χ0n) is 18.4. The Morgan fingerprint density at radius 3 is 2.36 bits per heavy atom. The van der Waals surface area contributed by atoms with Crippen LogP contribution < -0.4 is 5.32 Å². The van der Waals surface area contributed by atoms with Gasteiger partial charge in [-0.05, 0) is 49.3 Å². The highest BCUT2D eigenvalue weighted by atomic mass is 19.4. The van der Waals surface area contributed by atoms with Crippen molar-refractivity contribution in [3.63, 3.8) is 0 Å². The van der Waals surface area contributed by atoms with Crippen molar-refractivity contribution in [2.24, 2.45) is 5.92 Å². The van der Waals surface area contributed by atoms with Gasteiger partial charge >= 0.3 is 6.18 Å². The van der Waals surface area contributed by atoms with Crippen molar-refractivity contribution in [2.45, 2.75) is 57.1 Å². The van der Waals surface area contributed by atoms with E-state index in [-0.39, 0.29) is 13.2 Å². The molecule has 0 radical (unpaired) electrons. The van der Waals surface area contributed by atoms with E-state index >= 15 is 0 Å². The van der Waals surface area contributed by atoms with Gasteiger partial charge in [-0.1, -0.05) is 49.4 Å². The lowest BCUT2D eigenvalue weighted by atomic mass is 9.83. The Balaban J connectivity index is 1.65. The van der Waals surface area contributed by atoms with E-state index in [0.717, 1.165) is 24.5 Å². The lowest BCUT2D eigenvalue weighted by molar-refractivity contribution is -0.138. The first kappa shape index (κ1) is 23.3. The number of carbonyl (C=O) groups is 2. The maximum absolute atomic E-state index is 13.7. The van der Waals surface area contributed by atoms with Crippen molar-refractivity contribution < 1.29 is 27.5 Å². The summed E-state index contributed by atoms with van der Waals surface area (Å²) < 4.78 is 47.0. The summed E-state index contributed by atoms with van der Waals surface area (Å²) >= 11 is 0. The first-order chi connectivity index (χ1) is 15.7. The topological polar surface area (TPSA) is 58.6 Å². The summed E-state index contributed by atoms with van der Waals surface area (Å²) in [5.74, 6) is -0.841. The van der Waals surface area contributed by atoms with Crippen LogP contribution >= 0.6 is 0 Å². The Morgan fingerprint density at radius 2 is 1.70 bits per heavy atom. The first-order valence-electron chi connectivity index (χ1n) is 11.2. The van der Waals surface area contributed by atoms with Gasteiger partial charge in [0.05, 0.1) is 17.7 Å². The summed E-state index contributed by atoms with van der Waals surface area (Å²) in [7, 11) is 0. The number of hydrogen-bond acceptors (Lipinski definition) is 3. The van der Waals surface area contributed by atoms with E-state index in [4.69, 9.17) is 4.74 Å². The third-order valence-electron chi connectivity index (χ3n) is 6.61. The highest BCUT2D eigenvalue weighted by molar-refractivity contribution is 5.99. The zero-order chi connectivity index (χ0) is 23.6. The van der Waals surface area contributed by atoms with Crippen LogP contribution in [-0.2, 0) is 22.3 Å². The van der Waals surface area contributed by atoms with Gasteiger partial charge in [0.2, 0.25) is 5.91 Å². The molecule has 1 heterocycles. The number of halogens is 3. The highest BCUT2D eigenvalue weighted by Gasteiger charge is 2.54. The molecule has 176 valence electrons. The first-order valence-corrected chi connectivity index (χ1v) is 11.2. The molecule has 1 aliphatic heterocycles. The average Bonchev–Trinajstić information content (AvgIpc) is 3.18. The average molecular weight is 460 g/mol. The molecular weight excluding hydrogens is 433 g/mol. The van der Waals surface area contributed by atoms with E-state index < -0.39 is 40.9 Å². The van der Waals surface area contributed by atoms with Crippen LogP contribution in [0.15, 0.2) is 54.6 Å². The van der Waals surface area contributed by atoms with Crippen LogP contribution in [0.25, 0.3) is 0 Å². The summed E-state index contributed by atoms with van der Waals surface area (Å²) in [6.45, 7) is 2.30. The molecule has 1 atom stereocenters. The van der Waals surface area contributed by atoms with E-state index in [2.05, 4.69) is 12.2 Å². The second-order valence-corrected chi connectivity index (χ2v) is 8.88. The molecule has 1 N–H and O–H groups in total. The summed E-state index contributed by atoms with van der Waals surface area (Å²) in [5, 5.41) is 2.82. The van der Waals surface area contributed by atoms with Crippen LogP contribution in [0, 0.1) is 5.92 Å². The van der Waals surface area contributed by atoms with Gasteiger partial charge in [-0.2, -0.15) is 13.2 Å². The fraction of sp³-hybridized carbons (Fsp3) is 0.440. The third kappa shape index (κ3) is 4.76. The van der Waals surface area contributed by atoms with Crippen LogP contribution in [-0.4, -0.2) is 35.1 Å². The van der Waals surface area contributed by atoms with Gasteiger partial charge < -0.3 is 10.1 Å². The lowest BCUT2D eigenvalue weighted by Gasteiger charge is -2.43. The Hall–Kier alpha value is -2.87. The molecular formula is C25H27F3N2O3. The van der Waals surface area contributed by atoms with Gasteiger partial charge in [0.15, 0.2) is 0 Å². The number of hydrogen-bond donors (Lipinski definition) is 1. The molecule has 1 saturated carbocycles. The molecule has 2 aliphatic rings. The van der Waals surface area contributed by atoms with E-state index in [1.165, 1.54) is 23.1 Å². The molecule has 4 rings (SSSR count). The number of nitrogens with one attached hydrogen (secondary N) is 1. The summed E-state index contributed by atoms with van der Waals surface area (Å²) in [5.41, 5.74) is -1.66. The monoisotopic (exact) mass is 460 g/mol. The van der Waals surface area contributed by atoms with Crippen LogP contribution in [0.1, 0.15) is 54.1 Å². The molecule has 2 aromatic rings. The molecule has 2 amide bonds. The van der Waals surface area contributed by atoms with Crippen molar-refractivity contribution >= 4 is 11.8 Å². The van der Waals surface area contributed by atoms with Crippen molar-refractivity contribution in [3.05, 3.63) is 71.3 Å². The Labute approximate surface area is 190 Å². The Kier molecular flexibility index (Phi) is 6.47. The molecule has 1 aliphatic carbocycles. The summed E-state index contributed by atoms with van der Waals surface area (Å²) in [6.07, 6.45) is -2.19. The predicted molar refractivity (Wildman–Crippen MR) is 116 cm³/mol. The fourth-order valence-corrected chi connectivity index (χ4v) is 4.73. The second-order valence-electron chi connectivity index (χ2n) is 8.88. The number of alkyl halides is 3. The maximum atomic E-state index is 13.7. The highest BCUT2D eigenvalue weighted by Crippen LogP contribution is 2.44. The van der Waals surface area contributed by atoms with Gasteiger partial charge in [-0.3, -0.25) is 14.5 Å². The van der Waals surface area contributed by atoms with Gasteiger partial charge in [0.25, 0.3) is 5.91 Å². The standard InChI is InChI=1S/C25H27F3N2O3/c1-17-11-13-24(14-12-17)30(23(32)19-9-5-6-10-20(19)25(26,27)28)21(16-33-24)22(31)29-15-18-7-3-2-4-8-18/h2-10,17,21H,11-16H2,1H3,(H,29,31)/t17?,21-,24?/m0/s1. The van der Waals surface area contributed by atoms with Crippen LogP contribution in [0.3, 0.4) is 0 Å². The van der Waals surface area contributed by atoms with E-state index in [1.807, 2.05) is 30.3 Å². The van der Waals surface area contributed by atoms with Crippen molar-refractivity contribution in [1.29, 1.82) is 0 Å². The van der Waals surface area contributed by atoms with E-state index in [1.54, 1.807) is 0 Å². The SMILES string of the molecule is CC1CCC2(CC1)OC[C@@H](C(=O)NCc1ccccc1)N2C(=O)c1ccccc1C(F)(F)F. The van der Waals surface area contributed by atoms with Gasteiger partial charge in [-0.25, -0.2) is 0 Å². The molecule has 0 unspecified atom stereocenters. The van der Waals surface area contributed by atoms with Crippen LogP contribution in [0.5, 0.6) is 0 Å². The molecule has 2 aromatic carbocycles. The zero-order valence-corrected chi connectivity index (χ0v) is 18.4. The Bertz CT molecular complexity index is 1000. The smallest absolute Gasteiger partial charge is 0.353 e. The molecule has 1 spiro atoms. The molecule has 0 aromatic heterocycles. The minimum Gasteiger partial charge on any atom is -0.353 e. The number of nitrogens with zero attached hydrogens (tertiary/aromatic N) is 1. The molecule has 1 saturated heterocycles. The third-order valence-corrected chi connectivity index (χ3v) is 6.61. The van der Waals surface area contributed by atoms with Crippen molar-refractivity contribution in [2.75, 3.05) is 6.61 Å². The summed E-state index contributed by atoms with van der Waals surface area (Å²) in [6, 6.07) is 13.0. The van der Waals surface area contributed by atoms with Crippen molar-refractivity contribution in [3.8, 4) is 0 Å². The minimum atomic E-state index is -4.69. The van der Waals surface area contributed by atoms with Gasteiger partial charge in [-0.15, -0.1) is 0 Å².